The predicted octanol–water partition coefficient (Wildman–Crippen LogP) is -0.373. The van der Waals surface area contributed by atoms with Crippen LogP contribution >= 0.6 is 0 Å². The number of likely N-dealkylation sites (N-methyl/N-ethyl adjacent to an activating group) is 1. The molecule has 2 unspecified atom stereocenters. The summed E-state index contributed by atoms with van der Waals surface area (Å²) in [6, 6.07) is 2.75. The summed E-state index contributed by atoms with van der Waals surface area (Å²) in [7, 11) is 1.68. The van der Waals surface area contributed by atoms with Crippen molar-refractivity contribution in [2.75, 3.05) is 20.1 Å². The fourth-order valence-corrected chi connectivity index (χ4v) is 2.10. The molecule has 1 saturated heterocycles. The molecule has 0 aromatic carbocycles. The summed E-state index contributed by atoms with van der Waals surface area (Å²) in [5.41, 5.74) is -1.21. The number of carbonyl (C=O) groups is 2. The van der Waals surface area contributed by atoms with Crippen molar-refractivity contribution in [3.63, 3.8) is 0 Å². The van der Waals surface area contributed by atoms with Crippen LogP contribution in [0.3, 0.4) is 0 Å². The zero-order chi connectivity index (χ0) is 14.0. The number of rotatable bonds is 5. The van der Waals surface area contributed by atoms with Gasteiger partial charge in [0.05, 0.1) is 18.9 Å². The van der Waals surface area contributed by atoms with E-state index in [0.29, 0.717) is 12.3 Å². The number of imide groups is 1. The number of nitrogens with zero attached hydrogens (tertiary/aromatic N) is 1. The van der Waals surface area contributed by atoms with E-state index in [2.05, 4.69) is 10.6 Å². The van der Waals surface area contributed by atoms with Crippen LogP contribution < -0.4 is 10.6 Å². The van der Waals surface area contributed by atoms with Crippen LogP contribution in [0.5, 0.6) is 0 Å². The molecule has 3 amide bonds. The molecule has 2 heterocycles. The molecule has 104 valence electrons. The Hall–Kier alpha value is -1.86. The molecule has 7 heteroatoms. The van der Waals surface area contributed by atoms with Gasteiger partial charge in [0.15, 0.2) is 5.54 Å². The summed E-state index contributed by atoms with van der Waals surface area (Å²) >= 11 is 0. The maximum Gasteiger partial charge on any atom is 0.325 e. The van der Waals surface area contributed by atoms with Gasteiger partial charge in [-0.15, -0.1) is 0 Å². The van der Waals surface area contributed by atoms with Gasteiger partial charge in [-0.05, 0) is 26.1 Å². The Morgan fingerprint density at radius 1 is 1.58 bits per heavy atom. The maximum absolute atomic E-state index is 12.3. The summed E-state index contributed by atoms with van der Waals surface area (Å²) in [4.78, 5) is 25.2. The van der Waals surface area contributed by atoms with Crippen LogP contribution in [-0.2, 0) is 10.3 Å². The van der Waals surface area contributed by atoms with Crippen molar-refractivity contribution in [3.05, 3.63) is 24.2 Å². The minimum Gasteiger partial charge on any atom is -0.466 e. The summed E-state index contributed by atoms with van der Waals surface area (Å²) < 4.78 is 5.20. The van der Waals surface area contributed by atoms with Gasteiger partial charge < -0.3 is 20.2 Å². The van der Waals surface area contributed by atoms with Crippen LogP contribution in [0.25, 0.3) is 0 Å². The number of furan rings is 1. The van der Waals surface area contributed by atoms with Crippen LogP contribution in [0.15, 0.2) is 22.8 Å². The molecule has 19 heavy (non-hydrogen) atoms. The fraction of sp³-hybridized carbons (Fsp3) is 0.500. The second kappa shape index (κ2) is 5.02. The first-order valence-corrected chi connectivity index (χ1v) is 6.00. The number of aliphatic hydroxyl groups excluding tert-OH is 1. The van der Waals surface area contributed by atoms with Crippen molar-refractivity contribution in [3.8, 4) is 0 Å². The summed E-state index contributed by atoms with van der Waals surface area (Å²) in [6.45, 7) is 1.83. The number of amides is 3. The average molecular weight is 267 g/mol. The summed E-state index contributed by atoms with van der Waals surface area (Å²) in [5.74, 6) is -0.0564. The van der Waals surface area contributed by atoms with Crippen LogP contribution in [0.1, 0.15) is 12.7 Å². The van der Waals surface area contributed by atoms with Gasteiger partial charge in [0, 0.05) is 6.54 Å². The Bertz CT molecular complexity index is 473. The van der Waals surface area contributed by atoms with Crippen LogP contribution in [-0.4, -0.2) is 48.2 Å². The second-order valence-corrected chi connectivity index (χ2v) is 4.66. The van der Waals surface area contributed by atoms with Crippen molar-refractivity contribution < 1.29 is 19.1 Å². The van der Waals surface area contributed by atoms with E-state index in [-0.39, 0.29) is 6.54 Å². The first kappa shape index (κ1) is 13.6. The first-order chi connectivity index (χ1) is 8.99. The monoisotopic (exact) mass is 267 g/mol. The van der Waals surface area contributed by atoms with Gasteiger partial charge >= 0.3 is 6.03 Å². The summed E-state index contributed by atoms with van der Waals surface area (Å²) in [5, 5.41) is 15.1. The lowest BCUT2D eigenvalue weighted by Gasteiger charge is -2.20. The van der Waals surface area contributed by atoms with Crippen molar-refractivity contribution in [1.82, 2.24) is 15.5 Å². The van der Waals surface area contributed by atoms with Crippen molar-refractivity contribution in [1.29, 1.82) is 0 Å². The van der Waals surface area contributed by atoms with Gasteiger partial charge in [0.1, 0.15) is 5.76 Å². The normalized spacial score (nSPS) is 24.7. The molecule has 0 bridgehead atoms. The topological polar surface area (TPSA) is 94.8 Å². The smallest absolute Gasteiger partial charge is 0.325 e. The number of aliphatic hydroxyl groups is 1. The molecular weight excluding hydrogens is 250 g/mol. The van der Waals surface area contributed by atoms with E-state index in [1.165, 1.54) is 6.26 Å². The fourth-order valence-electron chi connectivity index (χ4n) is 2.10. The number of nitrogens with one attached hydrogen (secondary N) is 2. The van der Waals surface area contributed by atoms with Crippen molar-refractivity contribution in [2.45, 2.75) is 18.6 Å². The van der Waals surface area contributed by atoms with E-state index >= 15 is 0 Å². The molecule has 1 aliphatic rings. The van der Waals surface area contributed by atoms with Gasteiger partial charge in [0.25, 0.3) is 5.91 Å². The molecular formula is C12H17N3O4. The molecule has 1 aliphatic heterocycles. The Morgan fingerprint density at radius 2 is 2.32 bits per heavy atom. The third-order valence-electron chi connectivity index (χ3n) is 3.12. The van der Waals surface area contributed by atoms with Gasteiger partial charge in [-0.3, -0.25) is 9.69 Å². The Kier molecular flexibility index (Phi) is 3.59. The number of β-amino-alcohol motifs (C(OH)–C–C–N with tert-alkyl or cyclic N) is 1. The highest BCUT2D eigenvalue weighted by atomic mass is 16.3. The Balaban J connectivity index is 2.17. The highest BCUT2D eigenvalue weighted by molar-refractivity contribution is 6.06. The number of urea groups is 1. The highest BCUT2D eigenvalue weighted by Crippen LogP contribution is 2.28. The molecule has 1 fully saturated rings. The van der Waals surface area contributed by atoms with E-state index in [1.807, 2.05) is 0 Å². The molecule has 1 aromatic rings. The van der Waals surface area contributed by atoms with Crippen LogP contribution in [0, 0.1) is 0 Å². The molecule has 0 radical (unpaired) electrons. The standard InChI is InChI=1S/C12H17N3O4/c1-12(9-4-3-5-19-9)10(17)15(11(18)14-12)7-8(16)6-13-2/h3-5,8,13,16H,6-7H2,1-2H3,(H,14,18). The second-order valence-electron chi connectivity index (χ2n) is 4.66. The zero-order valence-corrected chi connectivity index (χ0v) is 10.8. The average Bonchev–Trinajstić information content (AvgIpc) is 2.94. The van der Waals surface area contributed by atoms with Gasteiger partial charge in [-0.25, -0.2) is 4.79 Å². The van der Waals surface area contributed by atoms with Crippen LogP contribution in [0.2, 0.25) is 0 Å². The Labute approximate surface area is 110 Å². The molecule has 7 nitrogen and oxygen atoms in total. The molecule has 0 spiro atoms. The van der Waals surface area contributed by atoms with Gasteiger partial charge in [0.2, 0.25) is 0 Å². The SMILES string of the molecule is CNCC(O)CN1C(=O)NC(C)(c2ccco2)C1=O. The highest BCUT2D eigenvalue weighted by Gasteiger charge is 2.51. The lowest BCUT2D eigenvalue weighted by molar-refractivity contribution is -0.132. The van der Waals surface area contributed by atoms with Crippen molar-refractivity contribution >= 4 is 11.9 Å². The quantitative estimate of drug-likeness (QED) is 0.633. The molecule has 1 aromatic heterocycles. The van der Waals surface area contributed by atoms with Gasteiger partial charge in [-0.1, -0.05) is 0 Å². The van der Waals surface area contributed by atoms with E-state index in [0.717, 1.165) is 4.90 Å². The Morgan fingerprint density at radius 3 is 2.89 bits per heavy atom. The third kappa shape index (κ3) is 2.34. The number of carbonyl (C=O) groups excluding carboxylic acids is 2. The molecule has 0 aliphatic carbocycles. The van der Waals surface area contributed by atoms with E-state index < -0.39 is 23.6 Å². The minimum absolute atomic E-state index is 0.0538. The molecule has 2 atom stereocenters. The zero-order valence-electron chi connectivity index (χ0n) is 10.8. The lowest BCUT2D eigenvalue weighted by Crippen LogP contribution is -2.43. The van der Waals surface area contributed by atoms with E-state index in [4.69, 9.17) is 4.42 Å². The molecule has 3 N–H and O–H groups in total. The summed E-state index contributed by atoms with van der Waals surface area (Å²) in [6.07, 6.45) is 0.636. The van der Waals surface area contributed by atoms with Crippen molar-refractivity contribution in [2.24, 2.45) is 0 Å². The molecule has 2 rings (SSSR count). The number of hydrogen-bond acceptors (Lipinski definition) is 5. The maximum atomic E-state index is 12.3. The predicted molar refractivity (Wildman–Crippen MR) is 66.2 cm³/mol. The largest absolute Gasteiger partial charge is 0.466 e. The van der Waals surface area contributed by atoms with E-state index in [9.17, 15) is 14.7 Å². The minimum atomic E-state index is -1.21. The van der Waals surface area contributed by atoms with Crippen LogP contribution in [0.4, 0.5) is 4.79 Å². The lowest BCUT2D eigenvalue weighted by atomic mass is 9.99. The number of hydrogen-bond donors (Lipinski definition) is 3. The first-order valence-electron chi connectivity index (χ1n) is 6.00. The third-order valence-corrected chi connectivity index (χ3v) is 3.12. The van der Waals surface area contributed by atoms with E-state index in [1.54, 1.807) is 26.1 Å². The molecule has 0 saturated carbocycles. The van der Waals surface area contributed by atoms with Gasteiger partial charge in [-0.2, -0.15) is 0 Å².